The van der Waals surface area contributed by atoms with Gasteiger partial charge in [-0.15, -0.1) is 0 Å². The van der Waals surface area contributed by atoms with Crippen molar-refractivity contribution in [1.29, 1.82) is 0 Å². The summed E-state index contributed by atoms with van der Waals surface area (Å²) < 4.78 is 5.45. The van der Waals surface area contributed by atoms with Gasteiger partial charge < -0.3 is 26.0 Å². The number of hydrogen-bond donors (Lipinski definition) is 3. The van der Waals surface area contributed by atoms with Crippen LogP contribution in [-0.4, -0.2) is 61.1 Å². The van der Waals surface area contributed by atoms with Gasteiger partial charge in [0, 0.05) is 44.0 Å². The molecule has 39 heavy (non-hydrogen) atoms. The van der Waals surface area contributed by atoms with Gasteiger partial charge in [-0.2, -0.15) is 0 Å². The number of nitrogen functional groups attached to an aromatic ring is 1. The van der Waals surface area contributed by atoms with Crippen molar-refractivity contribution in [1.82, 2.24) is 9.80 Å². The normalized spacial score (nSPS) is 13.7. The molecule has 3 amide bonds. The van der Waals surface area contributed by atoms with E-state index in [2.05, 4.69) is 41.5 Å². The standard InChI is InChI=1S/C31H39N5O3/c1-23(2)25-12-14-27(15-13-25)33-31(38)36(17-5-16-35-18-20-39-21-19-35)22-24-8-10-26(11-9-24)30(37)34-29-7-4-3-6-28(29)32/h3-4,6-15,23H,5,16-22,32H2,1-2H3,(H,33,38)(H,34,37). The molecule has 1 fully saturated rings. The van der Waals surface area contributed by atoms with E-state index in [1.165, 1.54) is 5.56 Å². The molecule has 0 radical (unpaired) electrons. The zero-order valence-corrected chi connectivity index (χ0v) is 22.9. The smallest absolute Gasteiger partial charge is 0.322 e. The van der Waals surface area contributed by atoms with Gasteiger partial charge in [-0.05, 0) is 59.9 Å². The second kappa shape index (κ2) is 13.8. The number of rotatable bonds is 10. The van der Waals surface area contributed by atoms with E-state index in [-0.39, 0.29) is 11.9 Å². The molecule has 8 heteroatoms. The van der Waals surface area contributed by atoms with E-state index in [1.807, 2.05) is 41.3 Å². The highest BCUT2D eigenvalue weighted by Gasteiger charge is 2.17. The first-order chi connectivity index (χ1) is 18.9. The van der Waals surface area contributed by atoms with Crippen LogP contribution in [-0.2, 0) is 11.3 Å². The molecule has 3 aromatic rings. The van der Waals surface area contributed by atoms with E-state index in [0.29, 0.717) is 35.9 Å². The predicted molar refractivity (Wildman–Crippen MR) is 157 cm³/mol. The van der Waals surface area contributed by atoms with Crippen LogP contribution in [0.4, 0.5) is 21.9 Å². The zero-order chi connectivity index (χ0) is 27.6. The van der Waals surface area contributed by atoms with Crippen molar-refractivity contribution in [3.8, 4) is 0 Å². The molecule has 0 aromatic heterocycles. The van der Waals surface area contributed by atoms with E-state index in [9.17, 15) is 9.59 Å². The molecule has 0 saturated carbocycles. The molecule has 0 bridgehead atoms. The minimum Gasteiger partial charge on any atom is -0.397 e. The number of hydrogen-bond acceptors (Lipinski definition) is 5. The lowest BCUT2D eigenvalue weighted by molar-refractivity contribution is 0.0365. The first kappa shape index (κ1) is 28.1. The van der Waals surface area contributed by atoms with Gasteiger partial charge in [0.05, 0.1) is 24.6 Å². The van der Waals surface area contributed by atoms with E-state index < -0.39 is 0 Å². The number of amides is 3. The van der Waals surface area contributed by atoms with Gasteiger partial charge in [0.15, 0.2) is 0 Å². The maximum absolute atomic E-state index is 13.3. The van der Waals surface area contributed by atoms with E-state index in [0.717, 1.165) is 50.5 Å². The number of urea groups is 1. The second-order valence-corrected chi connectivity index (χ2v) is 10.2. The Morgan fingerprint density at radius 1 is 0.949 bits per heavy atom. The number of morpholine rings is 1. The van der Waals surface area contributed by atoms with Gasteiger partial charge in [-0.25, -0.2) is 4.79 Å². The van der Waals surface area contributed by atoms with Gasteiger partial charge >= 0.3 is 6.03 Å². The fourth-order valence-electron chi connectivity index (χ4n) is 4.50. The van der Waals surface area contributed by atoms with E-state index >= 15 is 0 Å². The van der Waals surface area contributed by atoms with Crippen LogP contribution >= 0.6 is 0 Å². The van der Waals surface area contributed by atoms with Crippen LogP contribution in [0.2, 0.25) is 0 Å². The molecule has 206 valence electrons. The summed E-state index contributed by atoms with van der Waals surface area (Å²) in [7, 11) is 0. The summed E-state index contributed by atoms with van der Waals surface area (Å²) in [6, 6.07) is 22.4. The Bertz CT molecular complexity index is 1220. The topological polar surface area (TPSA) is 99.9 Å². The molecule has 0 aliphatic carbocycles. The number of para-hydroxylation sites is 2. The molecule has 8 nitrogen and oxygen atoms in total. The van der Waals surface area contributed by atoms with Crippen molar-refractivity contribution in [2.24, 2.45) is 0 Å². The third kappa shape index (κ3) is 8.30. The van der Waals surface area contributed by atoms with Crippen LogP contribution in [0.25, 0.3) is 0 Å². The van der Waals surface area contributed by atoms with Crippen molar-refractivity contribution in [3.63, 3.8) is 0 Å². The first-order valence-electron chi connectivity index (χ1n) is 13.6. The molecule has 1 aliphatic heterocycles. The van der Waals surface area contributed by atoms with Gasteiger partial charge in [0.25, 0.3) is 5.91 Å². The molecule has 0 atom stereocenters. The van der Waals surface area contributed by atoms with Crippen molar-refractivity contribution in [2.75, 3.05) is 55.8 Å². The number of benzene rings is 3. The molecule has 0 spiro atoms. The molecule has 1 aliphatic rings. The minimum atomic E-state index is -0.232. The Balaban J connectivity index is 1.40. The van der Waals surface area contributed by atoms with Gasteiger partial charge in [0.2, 0.25) is 0 Å². The van der Waals surface area contributed by atoms with Crippen LogP contribution < -0.4 is 16.4 Å². The highest BCUT2D eigenvalue weighted by Crippen LogP contribution is 2.20. The lowest BCUT2D eigenvalue weighted by Gasteiger charge is -2.28. The number of nitrogens with two attached hydrogens (primary N) is 1. The summed E-state index contributed by atoms with van der Waals surface area (Å²) in [6.07, 6.45) is 0.860. The highest BCUT2D eigenvalue weighted by molar-refractivity contribution is 6.05. The lowest BCUT2D eigenvalue weighted by Crippen LogP contribution is -2.40. The number of nitrogens with zero attached hydrogens (tertiary/aromatic N) is 2. The van der Waals surface area contributed by atoms with Crippen LogP contribution in [0.3, 0.4) is 0 Å². The van der Waals surface area contributed by atoms with Crippen LogP contribution in [0, 0.1) is 0 Å². The molecule has 1 heterocycles. The van der Waals surface area contributed by atoms with Gasteiger partial charge in [0.1, 0.15) is 0 Å². The molecule has 0 unspecified atom stereocenters. The molecule has 4 N–H and O–H groups in total. The monoisotopic (exact) mass is 529 g/mol. The van der Waals surface area contributed by atoms with Gasteiger partial charge in [-0.3, -0.25) is 9.69 Å². The summed E-state index contributed by atoms with van der Waals surface area (Å²) in [5, 5.41) is 5.91. The number of carbonyl (C=O) groups excluding carboxylic acids is 2. The number of carbonyl (C=O) groups is 2. The maximum Gasteiger partial charge on any atom is 0.322 e. The minimum absolute atomic E-state index is 0.143. The zero-order valence-electron chi connectivity index (χ0n) is 22.9. The van der Waals surface area contributed by atoms with Crippen LogP contribution in [0.5, 0.6) is 0 Å². The van der Waals surface area contributed by atoms with Crippen molar-refractivity contribution in [3.05, 3.63) is 89.5 Å². The molecular weight excluding hydrogens is 490 g/mol. The predicted octanol–water partition coefficient (Wildman–Crippen LogP) is 5.40. The van der Waals surface area contributed by atoms with Crippen molar-refractivity contribution in [2.45, 2.75) is 32.7 Å². The molecule has 3 aromatic carbocycles. The van der Waals surface area contributed by atoms with E-state index in [1.54, 1.807) is 24.3 Å². The third-order valence-corrected chi connectivity index (χ3v) is 6.92. The summed E-state index contributed by atoms with van der Waals surface area (Å²) in [5.74, 6) is 0.200. The Labute approximate surface area is 231 Å². The quantitative estimate of drug-likeness (QED) is 0.305. The Hall–Kier alpha value is -3.88. The summed E-state index contributed by atoms with van der Waals surface area (Å²) in [6.45, 7) is 9.62. The largest absolute Gasteiger partial charge is 0.397 e. The Kier molecular flexibility index (Phi) is 9.94. The second-order valence-electron chi connectivity index (χ2n) is 10.2. The highest BCUT2D eigenvalue weighted by atomic mass is 16.5. The van der Waals surface area contributed by atoms with Gasteiger partial charge in [-0.1, -0.05) is 50.2 Å². The molecule has 1 saturated heterocycles. The first-order valence-corrected chi connectivity index (χ1v) is 13.6. The maximum atomic E-state index is 13.3. The van der Waals surface area contributed by atoms with Crippen molar-refractivity contribution < 1.29 is 14.3 Å². The molecule has 4 rings (SSSR count). The average Bonchev–Trinajstić information content (AvgIpc) is 2.95. The van der Waals surface area contributed by atoms with Crippen molar-refractivity contribution >= 4 is 29.0 Å². The summed E-state index contributed by atoms with van der Waals surface area (Å²) in [5.41, 5.74) is 10.5. The average molecular weight is 530 g/mol. The lowest BCUT2D eigenvalue weighted by atomic mass is 10.0. The number of ether oxygens (including phenoxy) is 1. The number of nitrogens with one attached hydrogen (secondary N) is 2. The molecular formula is C31H39N5O3. The fourth-order valence-corrected chi connectivity index (χ4v) is 4.50. The Morgan fingerprint density at radius 2 is 1.64 bits per heavy atom. The number of anilines is 3. The summed E-state index contributed by atoms with van der Waals surface area (Å²) >= 11 is 0. The van der Waals surface area contributed by atoms with Crippen LogP contribution in [0.1, 0.15) is 47.7 Å². The summed E-state index contributed by atoms with van der Waals surface area (Å²) in [4.78, 5) is 30.2. The van der Waals surface area contributed by atoms with Crippen LogP contribution in [0.15, 0.2) is 72.8 Å². The van der Waals surface area contributed by atoms with E-state index in [4.69, 9.17) is 10.5 Å². The third-order valence-electron chi connectivity index (χ3n) is 6.92. The SMILES string of the molecule is CC(C)c1ccc(NC(=O)N(CCCN2CCOCC2)Cc2ccc(C(=O)Nc3ccccc3N)cc2)cc1. The Morgan fingerprint density at radius 3 is 2.31 bits per heavy atom. The fraction of sp³-hybridized carbons (Fsp3) is 0.355.